The smallest absolute Gasteiger partial charge is 0.361 e. The van der Waals surface area contributed by atoms with E-state index < -0.39 is 13.2 Å². The average molecular weight is 373 g/mol. The zero-order chi connectivity index (χ0) is 19.0. The normalized spacial score (nSPS) is 11.5. The van der Waals surface area contributed by atoms with Crippen molar-refractivity contribution in [2.75, 3.05) is 13.2 Å². The van der Waals surface area contributed by atoms with Gasteiger partial charge in [0.15, 0.2) is 5.60 Å². The van der Waals surface area contributed by atoms with E-state index in [1.807, 2.05) is 32.0 Å². The van der Waals surface area contributed by atoms with Crippen molar-refractivity contribution in [3.05, 3.63) is 54.4 Å². The van der Waals surface area contributed by atoms with Gasteiger partial charge in [0, 0.05) is 6.20 Å². The minimum Gasteiger partial charge on any atom is -0.475 e. The molecule has 0 aliphatic heterocycles. The summed E-state index contributed by atoms with van der Waals surface area (Å²) in [6.45, 7) is 7.94. The van der Waals surface area contributed by atoms with E-state index in [1.165, 1.54) is 0 Å². The molecule has 1 aromatic carbocycles. The van der Waals surface area contributed by atoms with E-state index in [0.29, 0.717) is 30.0 Å². The van der Waals surface area contributed by atoms with E-state index in [4.69, 9.17) is 13.8 Å². The first-order chi connectivity index (χ1) is 12.4. The first-order valence-corrected chi connectivity index (χ1v) is 10.1. The summed E-state index contributed by atoms with van der Waals surface area (Å²) in [5, 5.41) is 0.505. The Bertz CT molecular complexity index is 797. The van der Waals surface area contributed by atoms with Crippen LogP contribution < -0.4 is 10.0 Å². The number of hydrogen-bond acceptors (Lipinski definition) is 5. The molecule has 0 saturated heterocycles. The predicted molar refractivity (Wildman–Crippen MR) is 103 cm³/mol. The zero-order valence-corrected chi connectivity index (χ0v) is 16.5. The molecule has 6 heteroatoms. The van der Waals surface area contributed by atoms with E-state index in [2.05, 4.69) is 16.8 Å². The Morgan fingerprint density at radius 2 is 1.69 bits per heavy atom. The van der Waals surface area contributed by atoms with Crippen molar-refractivity contribution >= 4 is 12.9 Å². The van der Waals surface area contributed by atoms with E-state index in [-0.39, 0.29) is 0 Å². The number of hydrogen-bond donors (Lipinski definition) is 0. The second-order valence-corrected chi connectivity index (χ2v) is 7.93. The molecule has 0 radical (unpaired) electrons. The highest BCUT2D eigenvalue weighted by Crippen LogP contribution is 2.46. The van der Waals surface area contributed by atoms with Crippen molar-refractivity contribution in [3.63, 3.8) is 0 Å². The standard InChI is InChI=1S/C20H24NO4P/c1-5-23-26(22,24-6-2)19-12-10-18(11-13-19)25-20(3,4)15-14-17-9-7-8-16-21-17/h7-13,16H,5-6H2,1-4H3. The van der Waals surface area contributed by atoms with Gasteiger partial charge in [0.25, 0.3) is 0 Å². The minimum absolute atomic E-state index is 0.311. The van der Waals surface area contributed by atoms with Gasteiger partial charge in [-0.1, -0.05) is 6.07 Å². The Labute approximate surface area is 155 Å². The third-order valence-corrected chi connectivity index (χ3v) is 5.41. The number of rotatable bonds is 7. The van der Waals surface area contributed by atoms with E-state index in [0.717, 1.165) is 0 Å². The Morgan fingerprint density at radius 3 is 2.23 bits per heavy atom. The van der Waals surface area contributed by atoms with Crippen LogP contribution >= 0.6 is 7.60 Å². The molecule has 0 fully saturated rings. The molecule has 2 aromatic rings. The van der Waals surface area contributed by atoms with Gasteiger partial charge < -0.3 is 13.8 Å². The molecule has 5 nitrogen and oxygen atoms in total. The summed E-state index contributed by atoms with van der Waals surface area (Å²) in [4.78, 5) is 4.17. The number of aromatic nitrogens is 1. The van der Waals surface area contributed by atoms with Gasteiger partial charge in [0.2, 0.25) is 0 Å². The van der Waals surface area contributed by atoms with Crippen molar-refractivity contribution in [1.82, 2.24) is 4.98 Å². The first kappa shape index (κ1) is 20.2. The monoisotopic (exact) mass is 373 g/mol. The number of pyridine rings is 1. The molecule has 0 bridgehead atoms. The molecule has 0 amide bonds. The lowest BCUT2D eigenvalue weighted by Gasteiger charge is -2.21. The molecule has 0 unspecified atom stereocenters. The van der Waals surface area contributed by atoms with Crippen LogP contribution in [-0.2, 0) is 13.6 Å². The summed E-state index contributed by atoms with van der Waals surface area (Å²) in [6, 6.07) is 12.5. The molecule has 1 aromatic heterocycles. The maximum Gasteiger partial charge on any atom is 0.361 e. The molecular formula is C20H24NO4P. The van der Waals surface area contributed by atoms with Crippen molar-refractivity contribution < 1.29 is 18.3 Å². The molecular weight excluding hydrogens is 349 g/mol. The van der Waals surface area contributed by atoms with Crippen LogP contribution in [0.15, 0.2) is 48.7 Å². The molecule has 0 aliphatic rings. The Kier molecular flexibility index (Phi) is 6.99. The summed E-state index contributed by atoms with van der Waals surface area (Å²) in [7, 11) is -3.29. The van der Waals surface area contributed by atoms with Gasteiger partial charge in [-0.25, -0.2) is 4.98 Å². The van der Waals surface area contributed by atoms with Crippen molar-refractivity contribution in [1.29, 1.82) is 0 Å². The summed E-state index contributed by atoms with van der Waals surface area (Å²) in [5.74, 6) is 6.69. The number of benzene rings is 1. The predicted octanol–water partition coefficient (Wildman–Crippen LogP) is 4.18. The lowest BCUT2D eigenvalue weighted by atomic mass is 10.1. The fourth-order valence-electron chi connectivity index (χ4n) is 2.19. The molecule has 26 heavy (non-hydrogen) atoms. The van der Waals surface area contributed by atoms with Gasteiger partial charge >= 0.3 is 7.60 Å². The summed E-state index contributed by atoms with van der Waals surface area (Å²) in [5.41, 5.74) is -0.0170. The van der Waals surface area contributed by atoms with Crippen LogP contribution in [0.3, 0.4) is 0 Å². The Hall–Kier alpha value is -2.12. The fraction of sp³-hybridized carbons (Fsp3) is 0.350. The maximum atomic E-state index is 12.8. The number of nitrogens with zero attached hydrogens (tertiary/aromatic N) is 1. The van der Waals surface area contributed by atoms with Crippen molar-refractivity contribution in [2.45, 2.75) is 33.3 Å². The Morgan fingerprint density at radius 1 is 1.04 bits per heavy atom. The van der Waals surface area contributed by atoms with E-state index >= 15 is 0 Å². The van der Waals surface area contributed by atoms with Crippen LogP contribution in [0.25, 0.3) is 0 Å². The van der Waals surface area contributed by atoms with Gasteiger partial charge in [0.05, 0.1) is 18.5 Å². The van der Waals surface area contributed by atoms with Crippen LogP contribution in [0.4, 0.5) is 0 Å². The highest BCUT2D eigenvalue weighted by atomic mass is 31.2. The second kappa shape index (κ2) is 9.00. The minimum atomic E-state index is -3.29. The molecule has 0 N–H and O–H groups in total. The third kappa shape index (κ3) is 5.71. The first-order valence-electron chi connectivity index (χ1n) is 8.51. The topological polar surface area (TPSA) is 57.7 Å². The van der Waals surface area contributed by atoms with Crippen LogP contribution in [0.2, 0.25) is 0 Å². The van der Waals surface area contributed by atoms with Crippen LogP contribution in [0.5, 0.6) is 5.75 Å². The lowest BCUT2D eigenvalue weighted by molar-refractivity contribution is 0.172. The molecule has 0 aliphatic carbocycles. The van der Waals surface area contributed by atoms with E-state index in [1.54, 1.807) is 44.3 Å². The highest BCUT2D eigenvalue weighted by Gasteiger charge is 2.26. The summed E-state index contributed by atoms with van der Waals surface area (Å²) >= 11 is 0. The quantitative estimate of drug-likeness (QED) is 0.538. The van der Waals surface area contributed by atoms with Crippen molar-refractivity contribution in [3.8, 4) is 17.6 Å². The van der Waals surface area contributed by atoms with Crippen LogP contribution in [0.1, 0.15) is 33.4 Å². The third-order valence-electron chi connectivity index (χ3n) is 3.28. The SMILES string of the molecule is CCOP(=O)(OCC)c1ccc(OC(C)(C)C#Cc2ccccn2)cc1. The Balaban J connectivity index is 2.13. The average Bonchev–Trinajstić information content (AvgIpc) is 2.62. The molecule has 0 saturated carbocycles. The molecule has 0 atom stereocenters. The van der Waals surface area contributed by atoms with Gasteiger partial charge in [0.1, 0.15) is 11.4 Å². The fourth-order valence-corrected chi connectivity index (χ4v) is 3.76. The molecule has 138 valence electrons. The van der Waals surface area contributed by atoms with Crippen LogP contribution in [0, 0.1) is 11.8 Å². The lowest BCUT2D eigenvalue weighted by Crippen LogP contribution is -2.26. The highest BCUT2D eigenvalue weighted by molar-refractivity contribution is 7.62. The molecule has 1 heterocycles. The second-order valence-electron chi connectivity index (χ2n) is 5.90. The maximum absolute atomic E-state index is 12.8. The van der Waals surface area contributed by atoms with E-state index in [9.17, 15) is 4.57 Å². The summed E-state index contributed by atoms with van der Waals surface area (Å²) < 4.78 is 29.4. The van der Waals surface area contributed by atoms with Gasteiger partial charge in [-0.3, -0.25) is 4.57 Å². The molecule has 2 rings (SSSR count). The van der Waals surface area contributed by atoms with Gasteiger partial charge in [-0.15, -0.1) is 0 Å². The zero-order valence-electron chi connectivity index (χ0n) is 15.6. The molecule has 0 spiro atoms. The van der Waals surface area contributed by atoms with Gasteiger partial charge in [-0.2, -0.15) is 0 Å². The van der Waals surface area contributed by atoms with Gasteiger partial charge in [-0.05, 0) is 75.9 Å². The van der Waals surface area contributed by atoms with Crippen molar-refractivity contribution in [2.24, 2.45) is 0 Å². The van der Waals surface area contributed by atoms with Crippen LogP contribution in [-0.4, -0.2) is 23.8 Å². The number of ether oxygens (including phenoxy) is 1. The largest absolute Gasteiger partial charge is 0.475 e. The summed E-state index contributed by atoms with van der Waals surface area (Å²) in [6.07, 6.45) is 1.70.